The summed E-state index contributed by atoms with van der Waals surface area (Å²) in [6.45, 7) is 2.61. The van der Waals surface area contributed by atoms with Gasteiger partial charge >= 0.3 is 0 Å². The molecule has 0 fully saturated rings. The quantitative estimate of drug-likeness (QED) is 0.567. The average Bonchev–Trinajstić information content (AvgIpc) is 2.97. The standard InChI is InChI=1S/C15H14N4O2/c1-2-19-15-12(9-17-19)13(18-21)11(8-16-15)14(20)10-6-4-3-5-7-10/h3-9,21H,2H2,1H3,(H,16,18). The van der Waals surface area contributed by atoms with Crippen LogP contribution in [0.2, 0.25) is 0 Å². The van der Waals surface area contributed by atoms with Gasteiger partial charge in [-0.2, -0.15) is 5.10 Å². The van der Waals surface area contributed by atoms with Gasteiger partial charge in [-0.25, -0.2) is 9.67 Å². The molecule has 0 aliphatic carbocycles. The van der Waals surface area contributed by atoms with Crippen molar-refractivity contribution < 1.29 is 10.0 Å². The number of aryl methyl sites for hydroxylation is 1. The second-order valence-electron chi connectivity index (χ2n) is 4.55. The maximum absolute atomic E-state index is 12.5. The molecule has 0 radical (unpaired) electrons. The van der Waals surface area contributed by atoms with Crippen LogP contribution in [0.3, 0.4) is 0 Å². The summed E-state index contributed by atoms with van der Waals surface area (Å²) in [7, 11) is 0. The predicted molar refractivity (Wildman–Crippen MR) is 78.5 cm³/mol. The lowest BCUT2D eigenvalue weighted by Gasteiger charge is -2.08. The zero-order valence-electron chi connectivity index (χ0n) is 11.4. The number of fused-ring (bicyclic) bond motifs is 1. The Bertz CT molecular complexity index is 796. The van der Waals surface area contributed by atoms with Crippen LogP contribution in [0.1, 0.15) is 22.8 Å². The highest BCUT2D eigenvalue weighted by atomic mass is 16.5. The van der Waals surface area contributed by atoms with E-state index in [1.165, 1.54) is 6.20 Å². The summed E-state index contributed by atoms with van der Waals surface area (Å²) in [5.41, 5.74) is 3.92. The Labute approximate surface area is 121 Å². The number of carbonyl (C=O) groups excluding carboxylic acids is 1. The normalized spacial score (nSPS) is 10.8. The smallest absolute Gasteiger partial charge is 0.196 e. The van der Waals surface area contributed by atoms with E-state index < -0.39 is 0 Å². The first-order valence-corrected chi connectivity index (χ1v) is 6.60. The van der Waals surface area contributed by atoms with E-state index in [1.807, 2.05) is 13.0 Å². The summed E-state index contributed by atoms with van der Waals surface area (Å²) in [6.07, 6.45) is 3.05. The Morgan fingerprint density at radius 2 is 2.05 bits per heavy atom. The first kappa shape index (κ1) is 13.3. The second kappa shape index (κ2) is 5.34. The van der Waals surface area contributed by atoms with Gasteiger partial charge in [-0.15, -0.1) is 0 Å². The number of rotatable bonds is 4. The summed E-state index contributed by atoms with van der Waals surface area (Å²) in [4.78, 5) is 16.8. The van der Waals surface area contributed by atoms with E-state index in [9.17, 15) is 10.0 Å². The average molecular weight is 282 g/mol. The van der Waals surface area contributed by atoms with Crippen molar-refractivity contribution in [2.45, 2.75) is 13.5 Å². The third-order valence-corrected chi connectivity index (χ3v) is 3.36. The summed E-state index contributed by atoms with van der Waals surface area (Å²) in [6, 6.07) is 8.88. The van der Waals surface area contributed by atoms with E-state index in [0.29, 0.717) is 34.4 Å². The second-order valence-corrected chi connectivity index (χ2v) is 4.55. The van der Waals surface area contributed by atoms with Gasteiger partial charge in [0.2, 0.25) is 0 Å². The number of benzene rings is 1. The monoisotopic (exact) mass is 282 g/mol. The highest BCUT2D eigenvalue weighted by Crippen LogP contribution is 2.27. The van der Waals surface area contributed by atoms with E-state index >= 15 is 0 Å². The van der Waals surface area contributed by atoms with E-state index in [4.69, 9.17) is 0 Å². The summed E-state index contributed by atoms with van der Waals surface area (Å²) >= 11 is 0. The maximum atomic E-state index is 12.5. The van der Waals surface area contributed by atoms with Crippen molar-refractivity contribution in [3.8, 4) is 0 Å². The zero-order chi connectivity index (χ0) is 14.8. The molecule has 0 amide bonds. The van der Waals surface area contributed by atoms with Gasteiger partial charge in [-0.1, -0.05) is 30.3 Å². The molecule has 3 aromatic rings. The van der Waals surface area contributed by atoms with Crippen molar-refractivity contribution in [3.05, 3.63) is 53.9 Å². The molecule has 2 heterocycles. The molecule has 0 aliphatic heterocycles. The third-order valence-electron chi connectivity index (χ3n) is 3.36. The molecular weight excluding hydrogens is 268 g/mol. The Kier molecular flexibility index (Phi) is 3.37. The molecular formula is C15H14N4O2. The molecule has 0 aliphatic rings. The first-order valence-electron chi connectivity index (χ1n) is 6.60. The molecule has 6 heteroatoms. The van der Waals surface area contributed by atoms with E-state index in [-0.39, 0.29) is 5.78 Å². The summed E-state index contributed by atoms with van der Waals surface area (Å²) < 4.78 is 1.70. The molecule has 0 unspecified atom stereocenters. The number of nitrogens with zero attached hydrogens (tertiary/aromatic N) is 3. The van der Waals surface area contributed by atoms with Gasteiger partial charge in [0.25, 0.3) is 0 Å². The van der Waals surface area contributed by atoms with Crippen LogP contribution in [-0.2, 0) is 6.54 Å². The maximum Gasteiger partial charge on any atom is 0.196 e. The minimum atomic E-state index is -0.203. The molecule has 2 N–H and O–H groups in total. The molecule has 0 saturated heterocycles. The number of nitrogens with one attached hydrogen (secondary N) is 1. The fourth-order valence-corrected chi connectivity index (χ4v) is 2.30. The van der Waals surface area contributed by atoms with E-state index in [0.717, 1.165) is 0 Å². The summed E-state index contributed by atoms with van der Waals surface area (Å²) in [5.74, 6) is -0.203. The number of hydrogen-bond donors (Lipinski definition) is 2. The van der Waals surface area contributed by atoms with Crippen LogP contribution >= 0.6 is 0 Å². The molecule has 6 nitrogen and oxygen atoms in total. The fourth-order valence-electron chi connectivity index (χ4n) is 2.30. The van der Waals surface area contributed by atoms with E-state index in [2.05, 4.69) is 15.6 Å². The lowest BCUT2D eigenvalue weighted by atomic mass is 10.0. The van der Waals surface area contributed by atoms with Crippen LogP contribution in [0.15, 0.2) is 42.7 Å². The van der Waals surface area contributed by atoms with Gasteiger partial charge < -0.3 is 0 Å². The van der Waals surface area contributed by atoms with Gasteiger partial charge in [0.15, 0.2) is 11.4 Å². The molecule has 0 atom stereocenters. The van der Waals surface area contributed by atoms with Crippen molar-refractivity contribution in [1.82, 2.24) is 14.8 Å². The fraction of sp³-hybridized carbons (Fsp3) is 0.133. The number of aromatic nitrogens is 3. The van der Waals surface area contributed by atoms with Crippen LogP contribution in [0, 0.1) is 0 Å². The molecule has 0 bridgehead atoms. The van der Waals surface area contributed by atoms with Crippen LogP contribution in [0.5, 0.6) is 0 Å². The molecule has 2 aromatic heterocycles. The lowest BCUT2D eigenvalue weighted by Crippen LogP contribution is -2.07. The number of hydrogen-bond acceptors (Lipinski definition) is 5. The largest absolute Gasteiger partial charge is 0.291 e. The van der Waals surface area contributed by atoms with E-state index in [1.54, 1.807) is 35.1 Å². The number of pyridine rings is 1. The zero-order valence-corrected chi connectivity index (χ0v) is 11.4. The van der Waals surface area contributed by atoms with Crippen LogP contribution in [-0.4, -0.2) is 25.8 Å². The highest BCUT2D eigenvalue weighted by Gasteiger charge is 2.18. The van der Waals surface area contributed by atoms with Crippen molar-refractivity contribution >= 4 is 22.5 Å². The topological polar surface area (TPSA) is 80.0 Å². The first-order chi connectivity index (χ1) is 10.3. The van der Waals surface area contributed by atoms with Crippen molar-refractivity contribution in [1.29, 1.82) is 0 Å². The van der Waals surface area contributed by atoms with Crippen molar-refractivity contribution in [2.24, 2.45) is 0 Å². The Hall–Kier alpha value is -2.73. The lowest BCUT2D eigenvalue weighted by molar-refractivity contribution is 0.103. The number of carbonyl (C=O) groups is 1. The Morgan fingerprint density at radius 3 is 2.71 bits per heavy atom. The van der Waals surface area contributed by atoms with Gasteiger partial charge in [-0.3, -0.25) is 15.5 Å². The molecule has 0 saturated carbocycles. The molecule has 106 valence electrons. The van der Waals surface area contributed by atoms with Gasteiger partial charge in [0.05, 0.1) is 22.8 Å². The predicted octanol–water partition coefficient (Wildman–Crippen LogP) is 2.48. The van der Waals surface area contributed by atoms with Crippen LogP contribution < -0.4 is 5.48 Å². The minimum Gasteiger partial charge on any atom is -0.291 e. The van der Waals surface area contributed by atoms with Gasteiger partial charge in [-0.05, 0) is 6.92 Å². The van der Waals surface area contributed by atoms with Crippen molar-refractivity contribution in [3.63, 3.8) is 0 Å². The third kappa shape index (κ3) is 2.15. The Morgan fingerprint density at radius 1 is 1.29 bits per heavy atom. The van der Waals surface area contributed by atoms with Crippen molar-refractivity contribution in [2.75, 3.05) is 5.48 Å². The van der Waals surface area contributed by atoms with Gasteiger partial charge in [0, 0.05) is 18.3 Å². The molecule has 1 aromatic carbocycles. The number of ketones is 1. The van der Waals surface area contributed by atoms with Gasteiger partial charge in [0.1, 0.15) is 0 Å². The SMILES string of the molecule is CCn1ncc2c(NO)c(C(=O)c3ccccc3)cnc21. The van der Waals surface area contributed by atoms with Crippen LogP contribution in [0.4, 0.5) is 5.69 Å². The van der Waals surface area contributed by atoms with Crippen LogP contribution in [0.25, 0.3) is 11.0 Å². The number of anilines is 1. The minimum absolute atomic E-state index is 0.203. The molecule has 21 heavy (non-hydrogen) atoms. The molecule has 3 rings (SSSR count). The summed E-state index contributed by atoms with van der Waals surface area (Å²) in [5, 5.41) is 14.2. The highest BCUT2D eigenvalue weighted by molar-refractivity contribution is 6.15. The Balaban J connectivity index is 2.17. The molecule has 0 spiro atoms.